The highest BCUT2D eigenvalue weighted by Gasteiger charge is 2.17. The van der Waals surface area contributed by atoms with Gasteiger partial charge in [-0.1, -0.05) is 26.8 Å². The number of carbonyl (C=O) groups is 2. The molecule has 1 aromatic rings. The van der Waals surface area contributed by atoms with Crippen molar-refractivity contribution in [2.24, 2.45) is 5.92 Å². The van der Waals surface area contributed by atoms with Crippen molar-refractivity contribution in [3.8, 4) is 5.75 Å². The number of carbonyl (C=O) groups excluding carboxylic acids is 2. The van der Waals surface area contributed by atoms with Gasteiger partial charge in [0.05, 0.1) is 11.0 Å². The summed E-state index contributed by atoms with van der Waals surface area (Å²) in [6.45, 7) is 5.92. The predicted molar refractivity (Wildman–Crippen MR) is 87.6 cm³/mol. The number of benzene rings is 1. The van der Waals surface area contributed by atoms with Gasteiger partial charge in [-0.2, -0.15) is 0 Å². The molecular weight excluding hydrogens is 314 g/mol. The second-order valence-corrected chi connectivity index (χ2v) is 5.76. The van der Waals surface area contributed by atoms with Crippen LogP contribution < -0.4 is 4.74 Å². The van der Waals surface area contributed by atoms with E-state index in [1.165, 1.54) is 24.3 Å². The summed E-state index contributed by atoms with van der Waals surface area (Å²) in [7, 11) is 0. The molecule has 0 aliphatic rings. The standard InChI is InChI=1S/C17H23NO6/c1-4-15(12(2)3)24-17(20)10-6-9-16(19)23-14-8-5-7-13(11-14)18(21)22/h5,7-8,11-12,15H,4,6,9-10H2,1-3H3. The van der Waals surface area contributed by atoms with Crippen LogP contribution in [-0.2, 0) is 14.3 Å². The van der Waals surface area contributed by atoms with Crippen molar-refractivity contribution in [1.82, 2.24) is 0 Å². The molecule has 0 aliphatic heterocycles. The van der Waals surface area contributed by atoms with Crippen LogP contribution >= 0.6 is 0 Å². The zero-order valence-electron chi connectivity index (χ0n) is 14.2. The summed E-state index contributed by atoms with van der Waals surface area (Å²) in [4.78, 5) is 33.5. The third-order valence-corrected chi connectivity index (χ3v) is 3.45. The lowest BCUT2D eigenvalue weighted by Crippen LogP contribution is -2.22. The van der Waals surface area contributed by atoms with E-state index >= 15 is 0 Å². The molecule has 0 bridgehead atoms. The summed E-state index contributed by atoms with van der Waals surface area (Å²) in [6, 6.07) is 5.40. The van der Waals surface area contributed by atoms with Gasteiger partial charge >= 0.3 is 11.9 Å². The lowest BCUT2D eigenvalue weighted by atomic mass is 10.1. The highest BCUT2D eigenvalue weighted by Crippen LogP contribution is 2.20. The highest BCUT2D eigenvalue weighted by molar-refractivity contribution is 5.74. The number of hydrogen-bond acceptors (Lipinski definition) is 6. The van der Waals surface area contributed by atoms with Crippen LogP contribution in [0.5, 0.6) is 5.75 Å². The predicted octanol–water partition coefficient (Wildman–Crippen LogP) is 3.65. The van der Waals surface area contributed by atoms with Crippen LogP contribution in [0.25, 0.3) is 0 Å². The Morgan fingerprint density at radius 1 is 1.21 bits per heavy atom. The average molecular weight is 337 g/mol. The molecule has 24 heavy (non-hydrogen) atoms. The Bertz CT molecular complexity index is 584. The number of nitro groups is 1. The molecule has 7 nitrogen and oxygen atoms in total. The van der Waals surface area contributed by atoms with E-state index in [-0.39, 0.29) is 42.3 Å². The van der Waals surface area contributed by atoms with E-state index < -0.39 is 10.9 Å². The quantitative estimate of drug-likeness (QED) is 0.295. The van der Waals surface area contributed by atoms with Gasteiger partial charge in [0, 0.05) is 18.9 Å². The molecule has 1 rings (SSSR count). The minimum atomic E-state index is -0.563. The number of esters is 2. The summed E-state index contributed by atoms with van der Waals surface area (Å²) >= 11 is 0. The van der Waals surface area contributed by atoms with Crippen molar-refractivity contribution in [2.75, 3.05) is 0 Å². The second kappa shape index (κ2) is 9.64. The Balaban J connectivity index is 2.37. The number of ether oxygens (including phenoxy) is 2. The number of hydrogen-bond donors (Lipinski definition) is 0. The third-order valence-electron chi connectivity index (χ3n) is 3.45. The minimum absolute atomic E-state index is 0.0380. The van der Waals surface area contributed by atoms with Gasteiger partial charge in [0.1, 0.15) is 11.9 Å². The van der Waals surface area contributed by atoms with Crippen LogP contribution in [0, 0.1) is 16.0 Å². The van der Waals surface area contributed by atoms with Crippen molar-refractivity contribution in [2.45, 2.75) is 52.6 Å². The van der Waals surface area contributed by atoms with Gasteiger partial charge in [0.2, 0.25) is 0 Å². The largest absolute Gasteiger partial charge is 0.462 e. The van der Waals surface area contributed by atoms with E-state index in [2.05, 4.69) is 0 Å². The van der Waals surface area contributed by atoms with Crippen molar-refractivity contribution in [1.29, 1.82) is 0 Å². The van der Waals surface area contributed by atoms with Gasteiger partial charge in [0.15, 0.2) is 0 Å². The molecule has 132 valence electrons. The molecule has 0 spiro atoms. The van der Waals surface area contributed by atoms with Crippen molar-refractivity contribution in [3.05, 3.63) is 34.4 Å². The third kappa shape index (κ3) is 6.76. The molecule has 0 fully saturated rings. The molecule has 0 saturated heterocycles. The normalized spacial score (nSPS) is 11.8. The van der Waals surface area contributed by atoms with Crippen LogP contribution in [0.4, 0.5) is 5.69 Å². The fourth-order valence-electron chi connectivity index (χ4n) is 2.14. The van der Waals surface area contributed by atoms with Gasteiger partial charge < -0.3 is 9.47 Å². The molecule has 0 amide bonds. The van der Waals surface area contributed by atoms with Crippen LogP contribution in [0.15, 0.2) is 24.3 Å². The molecule has 0 aliphatic carbocycles. The van der Waals surface area contributed by atoms with E-state index in [1.54, 1.807) is 0 Å². The molecule has 0 heterocycles. The molecule has 0 radical (unpaired) electrons. The Labute approximate surface area is 141 Å². The maximum Gasteiger partial charge on any atom is 0.311 e. The SMILES string of the molecule is CCC(OC(=O)CCCC(=O)Oc1cccc([N+](=O)[O-])c1)C(C)C. The van der Waals surface area contributed by atoms with E-state index in [0.29, 0.717) is 6.42 Å². The molecule has 0 N–H and O–H groups in total. The number of nitrogens with zero attached hydrogens (tertiary/aromatic N) is 1. The average Bonchev–Trinajstić information content (AvgIpc) is 2.52. The summed E-state index contributed by atoms with van der Waals surface area (Å²) < 4.78 is 10.4. The maximum absolute atomic E-state index is 11.7. The van der Waals surface area contributed by atoms with Crippen molar-refractivity contribution < 1.29 is 24.0 Å². The van der Waals surface area contributed by atoms with Crippen molar-refractivity contribution >= 4 is 17.6 Å². The van der Waals surface area contributed by atoms with Crippen LogP contribution in [-0.4, -0.2) is 23.0 Å². The lowest BCUT2D eigenvalue weighted by molar-refractivity contribution is -0.384. The molecule has 1 unspecified atom stereocenters. The van der Waals surface area contributed by atoms with Crippen LogP contribution in [0.1, 0.15) is 46.5 Å². The molecule has 0 saturated carbocycles. The maximum atomic E-state index is 11.7. The fraction of sp³-hybridized carbons (Fsp3) is 0.529. The van der Waals surface area contributed by atoms with Crippen molar-refractivity contribution in [3.63, 3.8) is 0 Å². The monoisotopic (exact) mass is 337 g/mol. The topological polar surface area (TPSA) is 95.7 Å². The lowest BCUT2D eigenvalue weighted by Gasteiger charge is -2.19. The number of nitro benzene ring substituents is 1. The first-order chi connectivity index (χ1) is 11.3. The van der Waals surface area contributed by atoms with Gasteiger partial charge in [-0.25, -0.2) is 0 Å². The zero-order chi connectivity index (χ0) is 18.1. The smallest absolute Gasteiger partial charge is 0.311 e. The Morgan fingerprint density at radius 2 is 1.88 bits per heavy atom. The Kier molecular flexibility index (Phi) is 7.88. The molecule has 7 heteroatoms. The Hall–Kier alpha value is -2.44. The highest BCUT2D eigenvalue weighted by atomic mass is 16.6. The minimum Gasteiger partial charge on any atom is -0.462 e. The van der Waals surface area contributed by atoms with Crippen LogP contribution in [0.3, 0.4) is 0 Å². The fourth-order valence-corrected chi connectivity index (χ4v) is 2.14. The molecule has 1 aromatic carbocycles. The van der Waals surface area contributed by atoms with Crippen LogP contribution in [0.2, 0.25) is 0 Å². The van der Waals surface area contributed by atoms with Gasteiger partial charge in [-0.05, 0) is 24.8 Å². The van der Waals surface area contributed by atoms with Gasteiger partial charge in [0.25, 0.3) is 5.69 Å². The zero-order valence-corrected chi connectivity index (χ0v) is 14.2. The van der Waals surface area contributed by atoms with E-state index in [0.717, 1.165) is 6.42 Å². The summed E-state index contributed by atoms with van der Waals surface area (Å²) in [6.07, 6.45) is 1.11. The van der Waals surface area contributed by atoms with Gasteiger partial charge in [-0.15, -0.1) is 0 Å². The number of rotatable bonds is 9. The Morgan fingerprint density at radius 3 is 2.46 bits per heavy atom. The first-order valence-corrected chi connectivity index (χ1v) is 7.98. The first-order valence-electron chi connectivity index (χ1n) is 7.98. The number of non-ortho nitro benzene ring substituents is 1. The molecular formula is C17H23NO6. The first kappa shape index (κ1) is 19.6. The van der Waals surface area contributed by atoms with E-state index in [9.17, 15) is 19.7 Å². The van der Waals surface area contributed by atoms with E-state index in [4.69, 9.17) is 9.47 Å². The molecule has 1 atom stereocenters. The summed E-state index contributed by atoms with van der Waals surface area (Å²) in [5.74, 6) is -0.515. The van der Waals surface area contributed by atoms with Gasteiger partial charge in [-0.3, -0.25) is 19.7 Å². The molecule has 0 aromatic heterocycles. The second-order valence-electron chi connectivity index (χ2n) is 5.76. The van der Waals surface area contributed by atoms with E-state index in [1.807, 2.05) is 20.8 Å². The summed E-state index contributed by atoms with van der Waals surface area (Å²) in [5.41, 5.74) is -0.150. The summed E-state index contributed by atoms with van der Waals surface area (Å²) in [5, 5.41) is 10.7.